The van der Waals surface area contributed by atoms with Crippen LogP contribution >= 0.6 is 27.3 Å². The lowest BCUT2D eigenvalue weighted by Gasteiger charge is -2.12. The Morgan fingerprint density at radius 1 is 1.10 bits per heavy atom. The lowest BCUT2D eigenvalue weighted by Crippen LogP contribution is -2.13. The zero-order chi connectivity index (χ0) is 15.0. The molecule has 3 nitrogen and oxygen atoms in total. The molecule has 20 heavy (non-hydrogen) atoms. The number of para-hydroxylation sites is 1. The monoisotopic (exact) mass is 386 g/mol. The van der Waals surface area contributed by atoms with Crippen molar-refractivity contribution >= 4 is 37.4 Å². The molecule has 0 saturated heterocycles. The van der Waals surface area contributed by atoms with E-state index in [1.165, 1.54) is 18.2 Å². The van der Waals surface area contributed by atoms with Gasteiger partial charge >= 0.3 is 16.3 Å². The standard InChI is InChI=1S/C11H6BrF3O3S2/c12-9-5-6-10(19-9)20(16,17)18-8-4-2-1-3-7(8)11(13,14)15/h1-6H. The molecule has 0 atom stereocenters. The van der Waals surface area contributed by atoms with Crippen LogP contribution < -0.4 is 4.18 Å². The van der Waals surface area contributed by atoms with Crippen molar-refractivity contribution in [3.63, 3.8) is 0 Å². The van der Waals surface area contributed by atoms with E-state index >= 15 is 0 Å². The summed E-state index contributed by atoms with van der Waals surface area (Å²) in [7, 11) is -4.29. The molecule has 108 valence electrons. The maximum atomic E-state index is 12.8. The number of benzene rings is 1. The second kappa shape index (κ2) is 5.38. The summed E-state index contributed by atoms with van der Waals surface area (Å²) in [6.07, 6.45) is -4.69. The average Bonchev–Trinajstić information content (AvgIpc) is 2.75. The van der Waals surface area contributed by atoms with Crippen molar-refractivity contribution in [1.29, 1.82) is 0 Å². The van der Waals surface area contributed by atoms with Gasteiger partial charge in [-0.2, -0.15) is 21.6 Å². The van der Waals surface area contributed by atoms with Crippen molar-refractivity contribution in [1.82, 2.24) is 0 Å². The van der Waals surface area contributed by atoms with E-state index in [1.54, 1.807) is 0 Å². The van der Waals surface area contributed by atoms with Gasteiger partial charge in [0, 0.05) is 0 Å². The summed E-state index contributed by atoms with van der Waals surface area (Å²) in [5, 5.41) is 0. The molecule has 0 unspecified atom stereocenters. The second-order valence-electron chi connectivity index (χ2n) is 3.59. The maximum absolute atomic E-state index is 12.8. The van der Waals surface area contributed by atoms with Gasteiger partial charge in [-0.25, -0.2) is 0 Å². The first-order chi connectivity index (χ1) is 9.20. The summed E-state index contributed by atoms with van der Waals surface area (Å²) in [4.78, 5) is 0. The first-order valence-electron chi connectivity index (χ1n) is 5.06. The van der Waals surface area contributed by atoms with E-state index in [0.29, 0.717) is 3.79 Å². The van der Waals surface area contributed by atoms with Crippen LogP contribution in [0.15, 0.2) is 44.4 Å². The highest BCUT2D eigenvalue weighted by molar-refractivity contribution is 9.11. The zero-order valence-electron chi connectivity index (χ0n) is 9.52. The number of rotatable bonds is 3. The van der Waals surface area contributed by atoms with Crippen molar-refractivity contribution < 1.29 is 25.8 Å². The van der Waals surface area contributed by atoms with Crippen molar-refractivity contribution in [3.05, 3.63) is 45.7 Å². The minimum Gasteiger partial charge on any atom is -0.378 e. The molecule has 1 aromatic heterocycles. The largest absolute Gasteiger partial charge is 0.420 e. The van der Waals surface area contributed by atoms with Gasteiger partial charge in [0.1, 0.15) is 0 Å². The molecule has 2 rings (SSSR count). The summed E-state index contributed by atoms with van der Waals surface area (Å²) in [6.45, 7) is 0. The summed E-state index contributed by atoms with van der Waals surface area (Å²) >= 11 is 3.92. The van der Waals surface area contributed by atoms with E-state index in [9.17, 15) is 21.6 Å². The maximum Gasteiger partial charge on any atom is 0.420 e. The smallest absolute Gasteiger partial charge is 0.378 e. The lowest BCUT2D eigenvalue weighted by molar-refractivity contribution is -0.138. The van der Waals surface area contributed by atoms with Crippen LogP contribution in [0.25, 0.3) is 0 Å². The van der Waals surface area contributed by atoms with Crippen LogP contribution in [0.4, 0.5) is 13.2 Å². The Labute approximate surface area is 125 Å². The van der Waals surface area contributed by atoms with E-state index < -0.39 is 27.6 Å². The van der Waals surface area contributed by atoms with Crippen LogP contribution in [-0.2, 0) is 16.3 Å². The molecule has 0 spiro atoms. The van der Waals surface area contributed by atoms with Gasteiger partial charge in [-0.15, -0.1) is 11.3 Å². The quantitative estimate of drug-likeness (QED) is 0.738. The van der Waals surface area contributed by atoms with Gasteiger partial charge in [0.2, 0.25) is 0 Å². The van der Waals surface area contributed by atoms with Crippen molar-refractivity contribution in [2.45, 2.75) is 10.4 Å². The van der Waals surface area contributed by atoms with Gasteiger partial charge in [0.15, 0.2) is 9.96 Å². The highest BCUT2D eigenvalue weighted by Crippen LogP contribution is 2.37. The first kappa shape index (κ1) is 15.3. The molecule has 1 heterocycles. The highest BCUT2D eigenvalue weighted by atomic mass is 79.9. The minimum absolute atomic E-state index is 0.179. The van der Waals surface area contributed by atoms with Gasteiger partial charge in [0.05, 0.1) is 9.35 Å². The van der Waals surface area contributed by atoms with Crippen LogP contribution in [0, 0.1) is 0 Å². The molecule has 2 aromatic rings. The van der Waals surface area contributed by atoms with Gasteiger partial charge in [-0.05, 0) is 40.2 Å². The Balaban J connectivity index is 2.40. The van der Waals surface area contributed by atoms with E-state index in [0.717, 1.165) is 29.5 Å². The number of thiophene rings is 1. The van der Waals surface area contributed by atoms with E-state index in [4.69, 9.17) is 0 Å². The van der Waals surface area contributed by atoms with Crippen LogP contribution in [-0.4, -0.2) is 8.42 Å². The van der Waals surface area contributed by atoms with Crippen LogP contribution in [0.3, 0.4) is 0 Å². The SMILES string of the molecule is O=S(=O)(Oc1ccccc1C(F)(F)F)c1ccc(Br)s1. The molecule has 0 N–H and O–H groups in total. The molecule has 0 aliphatic carbocycles. The second-order valence-corrected chi connectivity index (χ2v) is 7.83. The van der Waals surface area contributed by atoms with Crippen LogP contribution in [0.1, 0.15) is 5.56 Å². The molecule has 0 saturated carbocycles. The third-order valence-corrected chi connectivity index (χ3v) is 5.50. The molecule has 0 bridgehead atoms. The normalized spacial score (nSPS) is 12.4. The van der Waals surface area contributed by atoms with Crippen LogP contribution in [0.2, 0.25) is 0 Å². The van der Waals surface area contributed by atoms with Crippen molar-refractivity contribution in [2.24, 2.45) is 0 Å². The highest BCUT2D eigenvalue weighted by Gasteiger charge is 2.35. The van der Waals surface area contributed by atoms with E-state index in [1.807, 2.05) is 0 Å². The fourth-order valence-electron chi connectivity index (χ4n) is 1.36. The minimum atomic E-state index is -4.69. The molecule has 0 aliphatic rings. The fourth-order valence-corrected chi connectivity index (χ4v) is 4.28. The molecule has 0 aliphatic heterocycles. The van der Waals surface area contributed by atoms with Crippen molar-refractivity contribution in [3.8, 4) is 5.75 Å². The Morgan fingerprint density at radius 2 is 1.75 bits per heavy atom. The Bertz CT molecular complexity index is 723. The Hall–Kier alpha value is -1.06. The Morgan fingerprint density at radius 3 is 2.30 bits per heavy atom. The van der Waals surface area contributed by atoms with Gasteiger partial charge in [0.25, 0.3) is 0 Å². The number of halogens is 4. The van der Waals surface area contributed by atoms with E-state index in [2.05, 4.69) is 20.1 Å². The summed E-state index contributed by atoms with van der Waals surface area (Å²) in [6, 6.07) is 6.86. The number of hydrogen-bond donors (Lipinski definition) is 0. The van der Waals surface area contributed by atoms with Crippen LogP contribution in [0.5, 0.6) is 5.75 Å². The Kier molecular flexibility index (Phi) is 4.12. The molecular weight excluding hydrogens is 381 g/mol. The molecule has 0 radical (unpaired) electrons. The average molecular weight is 387 g/mol. The van der Waals surface area contributed by atoms with Crippen molar-refractivity contribution in [2.75, 3.05) is 0 Å². The summed E-state index contributed by atoms with van der Waals surface area (Å²) < 4.78 is 67.0. The third-order valence-electron chi connectivity index (χ3n) is 2.19. The fraction of sp³-hybridized carbons (Fsp3) is 0.0909. The predicted molar refractivity (Wildman–Crippen MR) is 71.3 cm³/mol. The van der Waals surface area contributed by atoms with Gasteiger partial charge < -0.3 is 4.18 Å². The topological polar surface area (TPSA) is 43.4 Å². The molecule has 0 fully saturated rings. The van der Waals surface area contributed by atoms with Gasteiger partial charge in [-0.1, -0.05) is 12.1 Å². The molecular formula is C11H6BrF3O3S2. The summed E-state index contributed by atoms with van der Waals surface area (Å²) in [5.74, 6) is -0.746. The number of hydrogen-bond acceptors (Lipinski definition) is 4. The summed E-state index contributed by atoms with van der Waals surface area (Å²) in [5.41, 5.74) is -1.14. The lowest BCUT2D eigenvalue weighted by atomic mass is 10.2. The van der Waals surface area contributed by atoms with Gasteiger partial charge in [-0.3, -0.25) is 0 Å². The molecule has 1 aromatic carbocycles. The molecule has 0 amide bonds. The first-order valence-corrected chi connectivity index (χ1v) is 8.08. The zero-order valence-corrected chi connectivity index (χ0v) is 12.7. The molecule has 9 heteroatoms. The number of alkyl halides is 3. The predicted octanol–water partition coefficient (Wildman–Crippen LogP) is 4.30. The third kappa shape index (κ3) is 3.33. The van der Waals surface area contributed by atoms with E-state index in [-0.39, 0.29) is 4.21 Å².